The van der Waals surface area contributed by atoms with Crippen molar-refractivity contribution in [3.8, 4) is 0 Å². The molecule has 10 nitrogen and oxygen atoms in total. The summed E-state index contributed by atoms with van der Waals surface area (Å²) >= 11 is 0. The molecule has 2 aliphatic rings. The molecule has 2 unspecified atom stereocenters. The summed E-state index contributed by atoms with van der Waals surface area (Å²) in [6.45, 7) is 7.73. The Kier molecular flexibility index (Phi) is 8.24. The summed E-state index contributed by atoms with van der Waals surface area (Å²) < 4.78 is 10.7. The summed E-state index contributed by atoms with van der Waals surface area (Å²) in [6, 6.07) is 8.30. The van der Waals surface area contributed by atoms with Crippen LogP contribution >= 0.6 is 0 Å². The van der Waals surface area contributed by atoms with Crippen LogP contribution in [0.1, 0.15) is 58.9 Å². The van der Waals surface area contributed by atoms with Gasteiger partial charge in [-0.1, -0.05) is 37.3 Å². The van der Waals surface area contributed by atoms with E-state index in [0.717, 1.165) is 23.4 Å². The molecule has 35 heavy (non-hydrogen) atoms. The largest absolute Gasteiger partial charge is 0.445 e. The van der Waals surface area contributed by atoms with E-state index in [9.17, 15) is 19.2 Å². The van der Waals surface area contributed by atoms with Crippen molar-refractivity contribution in [2.75, 3.05) is 13.1 Å². The van der Waals surface area contributed by atoms with E-state index in [1.165, 1.54) is 0 Å². The summed E-state index contributed by atoms with van der Waals surface area (Å²) in [5, 5.41) is 6.40. The Bertz CT molecular complexity index is 926. The van der Waals surface area contributed by atoms with Crippen LogP contribution in [0.4, 0.5) is 9.59 Å². The fourth-order valence-corrected chi connectivity index (χ4v) is 3.76. The third kappa shape index (κ3) is 8.45. The molecule has 3 rings (SSSR count). The molecule has 192 valence electrons. The van der Waals surface area contributed by atoms with Crippen LogP contribution in [0, 0.1) is 11.3 Å². The first-order valence-corrected chi connectivity index (χ1v) is 12.0. The van der Waals surface area contributed by atoms with Crippen molar-refractivity contribution in [3.63, 3.8) is 0 Å². The minimum absolute atomic E-state index is 0.0328. The molecule has 10 heteroatoms. The Morgan fingerprint density at radius 1 is 1.20 bits per heavy atom. The lowest BCUT2D eigenvalue weighted by Gasteiger charge is -2.30. The number of benzene rings is 1. The van der Waals surface area contributed by atoms with Gasteiger partial charge in [0.25, 0.3) is 5.91 Å². The van der Waals surface area contributed by atoms with Crippen molar-refractivity contribution in [2.45, 2.75) is 71.6 Å². The Morgan fingerprint density at radius 3 is 2.46 bits per heavy atom. The number of hydrazine groups is 1. The SMILES string of the molecule is CC1(CC(NC(=O)OCc2ccccc2)C(=O)NN(CC2CCNC2=O)C(=O)OC(C)(C)C)CC1. The van der Waals surface area contributed by atoms with E-state index in [2.05, 4.69) is 16.1 Å². The minimum Gasteiger partial charge on any atom is -0.445 e. The first-order chi connectivity index (χ1) is 16.4. The molecule has 1 aliphatic heterocycles. The standard InChI is InChI=1S/C25H36N4O6/c1-24(2,3)35-23(33)29(15-18-10-13-26-20(18)30)28-21(31)19(14-25(4)11-12-25)27-22(32)34-16-17-8-6-5-7-9-17/h5-9,18-19H,10-16H2,1-4H3,(H,26,30)(H,27,32)(H,28,31). The Morgan fingerprint density at radius 2 is 1.89 bits per heavy atom. The van der Waals surface area contributed by atoms with E-state index in [1.807, 2.05) is 37.3 Å². The second kappa shape index (κ2) is 11.0. The number of ether oxygens (including phenoxy) is 2. The molecule has 0 radical (unpaired) electrons. The van der Waals surface area contributed by atoms with Gasteiger partial charge in [0, 0.05) is 6.54 Å². The van der Waals surface area contributed by atoms with E-state index >= 15 is 0 Å². The lowest BCUT2D eigenvalue weighted by atomic mass is 9.99. The monoisotopic (exact) mass is 488 g/mol. The Balaban J connectivity index is 1.67. The number of alkyl carbamates (subject to hydrolysis) is 1. The maximum absolute atomic E-state index is 13.3. The lowest BCUT2D eigenvalue weighted by Crippen LogP contribution is -2.56. The normalized spacial score (nSPS) is 19.2. The summed E-state index contributed by atoms with van der Waals surface area (Å²) in [5.74, 6) is -1.22. The number of nitrogens with one attached hydrogen (secondary N) is 3. The van der Waals surface area contributed by atoms with Crippen molar-refractivity contribution in [3.05, 3.63) is 35.9 Å². The molecular formula is C25H36N4O6. The second-order valence-corrected chi connectivity index (χ2v) is 10.6. The molecule has 1 aliphatic carbocycles. The van der Waals surface area contributed by atoms with Gasteiger partial charge in [-0.25, -0.2) is 14.6 Å². The molecular weight excluding hydrogens is 452 g/mol. The number of rotatable bonds is 8. The van der Waals surface area contributed by atoms with Gasteiger partial charge in [-0.3, -0.25) is 15.0 Å². The van der Waals surface area contributed by atoms with Gasteiger partial charge in [0.1, 0.15) is 18.2 Å². The van der Waals surface area contributed by atoms with Gasteiger partial charge in [0.05, 0.1) is 12.5 Å². The van der Waals surface area contributed by atoms with Crippen LogP contribution in [0.15, 0.2) is 30.3 Å². The maximum atomic E-state index is 13.3. The molecule has 2 atom stereocenters. The number of nitrogens with zero attached hydrogens (tertiary/aromatic N) is 1. The average molecular weight is 489 g/mol. The lowest BCUT2D eigenvalue weighted by molar-refractivity contribution is -0.130. The highest BCUT2D eigenvalue weighted by Crippen LogP contribution is 2.48. The van der Waals surface area contributed by atoms with Gasteiger partial charge >= 0.3 is 12.2 Å². The van der Waals surface area contributed by atoms with Gasteiger partial charge in [0.2, 0.25) is 5.91 Å². The van der Waals surface area contributed by atoms with Crippen molar-refractivity contribution >= 4 is 24.0 Å². The molecule has 3 N–H and O–H groups in total. The van der Waals surface area contributed by atoms with Crippen LogP contribution in [0.25, 0.3) is 0 Å². The van der Waals surface area contributed by atoms with Crippen LogP contribution in [0.3, 0.4) is 0 Å². The Hall–Kier alpha value is -3.30. The smallest absolute Gasteiger partial charge is 0.429 e. The number of amides is 4. The number of carbonyl (C=O) groups is 4. The van der Waals surface area contributed by atoms with Crippen molar-refractivity contribution in [1.29, 1.82) is 0 Å². The fourth-order valence-electron chi connectivity index (χ4n) is 3.76. The first kappa shape index (κ1) is 26.3. The van der Waals surface area contributed by atoms with E-state index in [4.69, 9.17) is 9.47 Å². The fraction of sp³-hybridized carbons (Fsp3) is 0.600. The molecule has 0 bridgehead atoms. The third-order valence-corrected chi connectivity index (χ3v) is 6.05. The predicted octanol–water partition coefficient (Wildman–Crippen LogP) is 2.88. The van der Waals surface area contributed by atoms with Gasteiger partial charge in [-0.2, -0.15) is 0 Å². The quantitative estimate of drug-likeness (QED) is 0.483. The average Bonchev–Trinajstić information content (AvgIpc) is 3.37. The van der Waals surface area contributed by atoms with Crippen molar-refractivity contribution in [1.82, 2.24) is 21.1 Å². The van der Waals surface area contributed by atoms with Gasteiger partial charge in [-0.15, -0.1) is 0 Å². The molecule has 1 heterocycles. The Labute approximate surface area is 206 Å². The number of carbonyl (C=O) groups excluding carboxylic acids is 4. The van der Waals surface area contributed by atoms with Crippen LogP contribution in [0.5, 0.6) is 0 Å². The van der Waals surface area contributed by atoms with E-state index < -0.39 is 35.7 Å². The van der Waals surface area contributed by atoms with Gasteiger partial charge in [0.15, 0.2) is 0 Å². The van der Waals surface area contributed by atoms with Crippen LogP contribution in [0.2, 0.25) is 0 Å². The highest BCUT2D eigenvalue weighted by atomic mass is 16.6. The minimum atomic E-state index is -0.923. The second-order valence-electron chi connectivity index (χ2n) is 10.6. The molecule has 0 aromatic heterocycles. The molecule has 1 saturated heterocycles. The predicted molar refractivity (Wildman–Crippen MR) is 128 cm³/mol. The van der Waals surface area contributed by atoms with Crippen molar-refractivity contribution < 1.29 is 28.7 Å². The highest BCUT2D eigenvalue weighted by Gasteiger charge is 2.42. The van der Waals surface area contributed by atoms with Gasteiger partial charge in [-0.05, 0) is 57.4 Å². The summed E-state index contributed by atoms with van der Waals surface area (Å²) in [5.41, 5.74) is 2.54. The zero-order valence-electron chi connectivity index (χ0n) is 20.9. The van der Waals surface area contributed by atoms with Gasteiger partial charge < -0.3 is 20.1 Å². The number of hydrogen-bond donors (Lipinski definition) is 3. The highest BCUT2D eigenvalue weighted by molar-refractivity contribution is 5.87. The summed E-state index contributed by atoms with van der Waals surface area (Å²) in [4.78, 5) is 50.7. The number of hydrogen-bond acceptors (Lipinski definition) is 6. The molecule has 1 aromatic rings. The van der Waals surface area contributed by atoms with E-state index in [1.54, 1.807) is 20.8 Å². The van der Waals surface area contributed by atoms with Crippen LogP contribution < -0.4 is 16.1 Å². The first-order valence-electron chi connectivity index (χ1n) is 12.0. The molecule has 0 spiro atoms. The van der Waals surface area contributed by atoms with E-state index in [0.29, 0.717) is 19.4 Å². The molecule has 4 amide bonds. The zero-order valence-corrected chi connectivity index (χ0v) is 20.9. The van der Waals surface area contributed by atoms with E-state index in [-0.39, 0.29) is 24.5 Å². The van der Waals surface area contributed by atoms with Crippen LogP contribution in [-0.2, 0) is 25.7 Å². The summed E-state index contributed by atoms with van der Waals surface area (Å²) in [6.07, 6.45) is 1.32. The summed E-state index contributed by atoms with van der Waals surface area (Å²) in [7, 11) is 0. The van der Waals surface area contributed by atoms with Crippen LogP contribution in [-0.4, -0.2) is 53.7 Å². The molecule has 1 aromatic carbocycles. The maximum Gasteiger partial charge on any atom is 0.429 e. The zero-order chi connectivity index (χ0) is 25.6. The molecule has 1 saturated carbocycles. The molecule has 2 fully saturated rings. The third-order valence-electron chi connectivity index (χ3n) is 6.05. The topological polar surface area (TPSA) is 126 Å². The van der Waals surface area contributed by atoms with Crippen molar-refractivity contribution in [2.24, 2.45) is 11.3 Å².